The van der Waals surface area contributed by atoms with Crippen molar-refractivity contribution in [1.29, 1.82) is 0 Å². The normalized spacial score (nSPS) is 12.0. The zero-order valence-electron chi connectivity index (χ0n) is 15.9. The third kappa shape index (κ3) is 5.22. The Labute approximate surface area is 174 Å². The fraction of sp³-hybridized carbons (Fsp3) is 0.158. The van der Waals surface area contributed by atoms with Crippen LogP contribution in [0.4, 0.5) is 13.2 Å². The molecule has 0 unspecified atom stereocenters. The monoisotopic (exact) mass is 455 g/mol. The standard InChI is InChI=1S/C19H16F3N3O5S/c1-11-14-7-2-3-8-15(14)30-16(11)18(27)24-25-31(28,29)13-6-4-5-12(9-13)17(26)23-10-19(20,21)22/h2-9,25H,10H2,1H3,(H,23,26)(H,24,27). The van der Waals surface area contributed by atoms with Gasteiger partial charge >= 0.3 is 12.1 Å². The van der Waals surface area contributed by atoms with E-state index >= 15 is 0 Å². The van der Waals surface area contributed by atoms with Crippen molar-refractivity contribution in [3.63, 3.8) is 0 Å². The summed E-state index contributed by atoms with van der Waals surface area (Å²) in [5.41, 5.74) is 2.67. The van der Waals surface area contributed by atoms with Crippen LogP contribution in [0.25, 0.3) is 11.0 Å². The zero-order valence-corrected chi connectivity index (χ0v) is 16.7. The molecule has 2 amide bonds. The molecule has 0 spiro atoms. The number of aryl methyl sites for hydroxylation is 1. The van der Waals surface area contributed by atoms with Crippen LogP contribution < -0.4 is 15.6 Å². The predicted octanol–water partition coefficient (Wildman–Crippen LogP) is 2.66. The summed E-state index contributed by atoms with van der Waals surface area (Å²) in [7, 11) is -4.33. The lowest BCUT2D eigenvalue weighted by Gasteiger charge is -2.10. The van der Waals surface area contributed by atoms with Gasteiger partial charge in [0.1, 0.15) is 12.1 Å². The van der Waals surface area contributed by atoms with Gasteiger partial charge in [0.15, 0.2) is 5.76 Å². The van der Waals surface area contributed by atoms with Gasteiger partial charge < -0.3 is 9.73 Å². The van der Waals surface area contributed by atoms with Gasteiger partial charge in [0.2, 0.25) is 0 Å². The van der Waals surface area contributed by atoms with Gasteiger partial charge in [-0.1, -0.05) is 24.3 Å². The summed E-state index contributed by atoms with van der Waals surface area (Å²) in [6, 6.07) is 11.2. The lowest BCUT2D eigenvalue weighted by atomic mass is 10.1. The van der Waals surface area contributed by atoms with Gasteiger partial charge in [0, 0.05) is 16.5 Å². The molecule has 0 aliphatic carbocycles. The molecule has 0 aliphatic heterocycles. The number of sulfonamides is 1. The van der Waals surface area contributed by atoms with Gasteiger partial charge in [-0.25, -0.2) is 8.42 Å². The van der Waals surface area contributed by atoms with E-state index in [0.29, 0.717) is 16.5 Å². The van der Waals surface area contributed by atoms with E-state index in [-0.39, 0.29) is 11.3 Å². The number of halogens is 3. The Morgan fingerprint density at radius 1 is 1.03 bits per heavy atom. The molecule has 1 heterocycles. The molecule has 164 valence electrons. The first kappa shape index (κ1) is 22.3. The molecule has 0 saturated carbocycles. The number of rotatable bonds is 6. The van der Waals surface area contributed by atoms with Crippen LogP contribution >= 0.6 is 0 Å². The van der Waals surface area contributed by atoms with Gasteiger partial charge in [0.25, 0.3) is 15.9 Å². The summed E-state index contributed by atoms with van der Waals surface area (Å²) in [6.45, 7) is 0.0756. The van der Waals surface area contributed by atoms with Crippen LogP contribution in [-0.2, 0) is 10.0 Å². The fourth-order valence-corrected chi connectivity index (χ4v) is 3.59. The highest BCUT2D eigenvalue weighted by molar-refractivity contribution is 7.89. The first-order chi connectivity index (χ1) is 14.5. The fourth-order valence-electron chi connectivity index (χ4n) is 2.71. The first-order valence-electron chi connectivity index (χ1n) is 8.73. The quantitative estimate of drug-likeness (QED) is 0.494. The van der Waals surface area contributed by atoms with Crippen molar-refractivity contribution >= 4 is 32.8 Å². The maximum Gasteiger partial charge on any atom is 0.405 e. The minimum Gasteiger partial charge on any atom is -0.451 e. The molecule has 8 nitrogen and oxygen atoms in total. The molecule has 0 atom stereocenters. The number of hydrogen-bond donors (Lipinski definition) is 3. The van der Waals surface area contributed by atoms with Crippen LogP contribution in [0, 0.1) is 6.92 Å². The van der Waals surface area contributed by atoms with Crippen LogP contribution in [0.5, 0.6) is 0 Å². The van der Waals surface area contributed by atoms with Crippen molar-refractivity contribution < 1.29 is 35.6 Å². The second-order valence-electron chi connectivity index (χ2n) is 6.44. The lowest BCUT2D eigenvalue weighted by Crippen LogP contribution is -2.41. The maximum absolute atomic E-state index is 12.4. The third-order valence-electron chi connectivity index (χ3n) is 4.20. The molecule has 3 aromatic rings. The van der Waals surface area contributed by atoms with Crippen molar-refractivity contribution in [2.75, 3.05) is 6.54 Å². The average molecular weight is 455 g/mol. The number of amides is 2. The Hall–Kier alpha value is -3.38. The number of fused-ring (bicyclic) bond motifs is 1. The maximum atomic E-state index is 12.4. The topological polar surface area (TPSA) is 118 Å². The number of hydrazine groups is 1. The van der Waals surface area contributed by atoms with Crippen LogP contribution in [0.3, 0.4) is 0 Å². The highest BCUT2D eigenvalue weighted by Gasteiger charge is 2.28. The molecular weight excluding hydrogens is 439 g/mol. The molecule has 0 saturated heterocycles. The smallest absolute Gasteiger partial charge is 0.405 e. The van der Waals surface area contributed by atoms with E-state index in [1.165, 1.54) is 6.07 Å². The van der Waals surface area contributed by atoms with E-state index in [1.807, 2.05) is 10.3 Å². The Balaban J connectivity index is 1.72. The number of alkyl halides is 3. The largest absolute Gasteiger partial charge is 0.451 e. The molecule has 0 radical (unpaired) electrons. The summed E-state index contributed by atoms with van der Waals surface area (Å²) >= 11 is 0. The number of hydrogen-bond acceptors (Lipinski definition) is 5. The highest BCUT2D eigenvalue weighted by Crippen LogP contribution is 2.24. The number of carbonyl (C=O) groups excluding carboxylic acids is 2. The van der Waals surface area contributed by atoms with Crippen molar-refractivity contribution in [1.82, 2.24) is 15.6 Å². The number of furan rings is 1. The van der Waals surface area contributed by atoms with E-state index in [9.17, 15) is 31.2 Å². The van der Waals surface area contributed by atoms with Crippen molar-refractivity contribution in [2.45, 2.75) is 18.0 Å². The van der Waals surface area contributed by atoms with E-state index in [0.717, 1.165) is 18.2 Å². The summed E-state index contributed by atoms with van der Waals surface area (Å²) in [4.78, 5) is 25.6. The number of carbonyl (C=O) groups is 2. The number of nitrogens with one attached hydrogen (secondary N) is 3. The highest BCUT2D eigenvalue weighted by atomic mass is 32.2. The first-order valence-corrected chi connectivity index (χ1v) is 10.2. The van der Waals surface area contributed by atoms with Crippen LogP contribution in [0.15, 0.2) is 57.8 Å². The molecule has 0 fully saturated rings. The van der Waals surface area contributed by atoms with Gasteiger partial charge in [-0.05, 0) is 31.2 Å². The van der Waals surface area contributed by atoms with Crippen molar-refractivity contribution in [3.8, 4) is 0 Å². The predicted molar refractivity (Wildman–Crippen MR) is 104 cm³/mol. The third-order valence-corrected chi connectivity index (χ3v) is 5.45. The molecular formula is C19H16F3N3O5S. The van der Waals surface area contributed by atoms with Gasteiger partial charge in [-0.3, -0.25) is 15.0 Å². The summed E-state index contributed by atoms with van der Waals surface area (Å²) in [6.07, 6.45) is -4.61. The number of benzene rings is 2. The number of para-hydroxylation sites is 1. The van der Waals surface area contributed by atoms with Crippen LogP contribution in [0.1, 0.15) is 26.5 Å². The summed E-state index contributed by atoms with van der Waals surface area (Å²) < 4.78 is 67.1. The molecule has 0 bridgehead atoms. The van der Waals surface area contributed by atoms with E-state index < -0.39 is 39.5 Å². The Morgan fingerprint density at radius 2 is 1.74 bits per heavy atom. The molecule has 0 aliphatic rings. The molecule has 3 rings (SSSR count). The summed E-state index contributed by atoms with van der Waals surface area (Å²) in [5.74, 6) is -2.04. The SMILES string of the molecule is Cc1c(C(=O)NNS(=O)(=O)c2cccc(C(=O)NCC(F)(F)F)c2)oc2ccccc12. The van der Waals surface area contributed by atoms with Crippen molar-refractivity contribution in [3.05, 3.63) is 65.4 Å². The van der Waals surface area contributed by atoms with Crippen LogP contribution in [-0.4, -0.2) is 33.0 Å². The van der Waals surface area contributed by atoms with Gasteiger partial charge in [-0.15, -0.1) is 4.83 Å². The second kappa shape index (κ2) is 8.40. The molecule has 31 heavy (non-hydrogen) atoms. The Morgan fingerprint density at radius 3 is 2.42 bits per heavy atom. The van der Waals surface area contributed by atoms with E-state index in [2.05, 4.69) is 0 Å². The minimum absolute atomic E-state index is 0.0934. The molecule has 3 N–H and O–H groups in total. The zero-order chi connectivity index (χ0) is 22.8. The molecule has 12 heteroatoms. The lowest BCUT2D eigenvalue weighted by molar-refractivity contribution is -0.123. The van der Waals surface area contributed by atoms with Crippen molar-refractivity contribution in [2.24, 2.45) is 0 Å². The second-order valence-corrected chi connectivity index (χ2v) is 8.12. The average Bonchev–Trinajstić information content (AvgIpc) is 3.07. The van der Waals surface area contributed by atoms with Gasteiger partial charge in [-0.2, -0.15) is 13.2 Å². The summed E-state index contributed by atoms with van der Waals surface area (Å²) in [5, 5.41) is 2.33. The minimum atomic E-state index is -4.61. The van der Waals surface area contributed by atoms with E-state index in [4.69, 9.17) is 4.42 Å². The molecule has 2 aromatic carbocycles. The van der Waals surface area contributed by atoms with Gasteiger partial charge in [0.05, 0.1) is 4.90 Å². The molecule has 1 aromatic heterocycles. The Bertz CT molecular complexity index is 1250. The Kier molecular flexibility index (Phi) is 6.04. The van der Waals surface area contributed by atoms with E-state index in [1.54, 1.807) is 36.5 Å². The van der Waals surface area contributed by atoms with Crippen LogP contribution in [0.2, 0.25) is 0 Å².